The molecule has 0 bridgehead atoms. The van der Waals surface area contributed by atoms with Crippen LogP contribution in [0.3, 0.4) is 0 Å². The molecule has 18 heavy (non-hydrogen) atoms. The van der Waals surface area contributed by atoms with Crippen molar-refractivity contribution in [2.24, 2.45) is 0 Å². The number of fused-ring (bicyclic) bond motifs is 1. The van der Waals surface area contributed by atoms with Gasteiger partial charge in [0.15, 0.2) is 10.4 Å². The van der Waals surface area contributed by atoms with Crippen LogP contribution in [0.15, 0.2) is 12.3 Å². The van der Waals surface area contributed by atoms with E-state index >= 15 is 0 Å². The van der Waals surface area contributed by atoms with E-state index in [1.165, 1.54) is 0 Å². The Hall–Kier alpha value is -0.720. The first-order valence-corrected chi connectivity index (χ1v) is 8.03. The smallest absolute Gasteiger partial charge is 0.179 e. The van der Waals surface area contributed by atoms with Gasteiger partial charge in [-0.05, 0) is 31.1 Å². The van der Waals surface area contributed by atoms with Gasteiger partial charge in [-0.2, -0.15) is 0 Å². The van der Waals surface area contributed by atoms with Gasteiger partial charge in [0.05, 0.1) is 10.5 Å². The molecule has 0 atom stereocenters. The van der Waals surface area contributed by atoms with Crippen molar-refractivity contribution >= 4 is 45.8 Å². The van der Waals surface area contributed by atoms with Gasteiger partial charge in [-0.1, -0.05) is 11.6 Å². The fourth-order valence-electron chi connectivity index (χ4n) is 2.37. The Morgan fingerprint density at radius 3 is 2.94 bits per heavy atom. The van der Waals surface area contributed by atoms with Crippen LogP contribution in [-0.2, 0) is 10.8 Å². The van der Waals surface area contributed by atoms with E-state index < -0.39 is 10.8 Å². The topological polar surface area (TPSA) is 50.7 Å². The highest BCUT2D eigenvalue weighted by atomic mass is 35.5. The van der Waals surface area contributed by atoms with Crippen LogP contribution in [0, 0.1) is 4.77 Å². The van der Waals surface area contributed by atoms with E-state index in [-0.39, 0.29) is 6.04 Å². The van der Waals surface area contributed by atoms with Crippen LogP contribution in [0.1, 0.15) is 18.9 Å². The molecular formula is C11H12ClN3OS2. The van der Waals surface area contributed by atoms with E-state index in [2.05, 4.69) is 9.97 Å². The number of imidazole rings is 1. The second-order valence-electron chi connectivity index (χ2n) is 4.40. The van der Waals surface area contributed by atoms with Gasteiger partial charge < -0.3 is 4.98 Å². The number of H-pyrrole nitrogens is 1. The maximum absolute atomic E-state index is 11.4. The number of hydrogen-bond acceptors (Lipinski definition) is 3. The van der Waals surface area contributed by atoms with Gasteiger partial charge in [0.2, 0.25) is 0 Å². The molecule has 0 aliphatic carbocycles. The van der Waals surface area contributed by atoms with Gasteiger partial charge in [-0.3, -0.25) is 8.78 Å². The van der Waals surface area contributed by atoms with Crippen LogP contribution in [-0.4, -0.2) is 30.2 Å². The highest BCUT2D eigenvalue weighted by molar-refractivity contribution is 7.85. The van der Waals surface area contributed by atoms with Gasteiger partial charge in [0, 0.05) is 34.5 Å². The first-order chi connectivity index (χ1) is 8.65. The molecule has 0 amide bonds. The van der Waals surface area contributed by atoms with Gasteiger partial charge in [0.25, 0.3) is 0 Å². The lowest BCUT2D eigenvalue weighted by atomic mass is 10.1. The summed E-state index contributed by atoms with van der Waals surface area (Å²) in [6.45, 7) is 0. The largest absolute Gasteiger partial charge is 0.329 e. The molecule has 1 aliphatic rings. The fraction of sp³-hybridized carbons (Fsp3) is 0.455. The molecule has 96 valence electrons. The summed E-state index contributed by atoms with van der Waals surface area (Å²) < 4.78 is 14.1. The predicted octanol–water partition coefficient (Wildman–Crippen LogP) is 2.83. The number of nitrogens with zero attached hydrogens (tertiary/aromatic N) is 2. The van der Waals surface area contributed by atoms with Crippen molar-refractivity contribution in [1.82, 2.24) is 14.5 Å². The number of pyridine rings is 1. The average molecular weight is 302 g/mol. The molecule has 0 radical (unpaired) electrons. The molecule has 3 rings (SSSR count). The molecular weight excluding hydrogens is 290 g/mol. The molecule has 3 heterocycles. The summed E-state index contributed by atoms with van der Waals surface area (Å²) in [6.07, 6.45) is 3.40. The van der Waals surface area contributed by atoms with Crippen LogP contribution in [0.25, 0.3) is 11.2 Å². The minimum atomic E-state index is -0.666. The number of hydrogen-bond donors (Lipinski definition) is 1. The maximum atomic E-state index is 11.4. The Morgan fingerprint density at radius 2 is 2.22 bits per heavy atom. The lowest BCUT2D eigenvalue weighted by Gasteiger charge is -2.22. The molecule has 0 spiro atoms. The standard InChI is InChI=1S/C11H12ClN3OS2/c12-7-5-9-10(13-6-7)15(11(17)14-9)8-1-3-18(16)4-2-8/h5-6,8H,1-4H2,(H,14,17). The Balaban J connectivity index is 2.08. The molecule has 0 aromatic carbocycles. The number of halogens is 1. The minimum absolute atomic E-state index is 0.289. The molecule has 1 aliphatic heterocycles. The predicted molar refractivity (Wildman–Crippen MR) is 76.1 cm³/mol. The molecule has 0 saturated carbocycles. The van der Waals surface area contributed by atoms with Crippen molar-refractivity contribution in [2.45, 2.75) is 18.9 Å². The van der Waals surface area contributed by atoms with Crippen molar-refractivity contribution in [3.05, 3.63) is 22.1 Å². The van der Waals surface area contributed by atoms with Crippen LogP contribution >= 0.6 is 23.8 Å². The average Bonchev–Trinajstić information content (AvgIpc) is 2.65. The highest BCUT2D eigenvalue weighted by Crippen LogP contribution is 2.27. The van der Waals surface area contributed by atoms with E-state index in [4.69, 9.17) is 23.8 Å². The summed E-state index contributed by atoms with van der Waals surface area (Å²) in [5.74, 6) is 1.49. The van der Waals surface area contributed by atoms with Crippen LogP contribution < -0.4 is 0 Å². The molecule has 1 saturated heterocycles. The summed E-state index contributed by atoms with van der Waals surface area (Å²) in [7, 11) is -0.666. The summed E-state index contributed by atoms with van der Waals surface area (Å²) in [4.78, 5) is 7.48. The van der Waals surface area contributed by atoms with Crippen molar-refractivity contribution < 1.29 is 4.21 Å². The van der Waals surface area contributed by atoms with Gasteiger partial charge in [-0.25, -0.2) is 4.98 Å². The van der Waals surface area contributed by atoms with E-state index in [1.54, 1.807) is 6.20 Å². The van der Waals surface area contributed by atoms with Gasteiger partial charge in [-0.15, -0.1) is 0 Å². The second kappa shape index (κ2) is 4.75. The molecule has 0 unspecified atom stereocenters. The van der Waals surface area contributed by atoms with Gasteiger partial charge in [0.1, 0.15) is 0 Å². The Labute approximate surface area is 117 Å². The zero-order valence-corrected chi connectivity index (χ0v) is 11.9. The lowest BCUT2D eigenvalue weighted by molar-refractivity contribution is 0.466. The third kappa shape index (κ3) is 2.13. The van der Waals surface area contributed by atoms with E-state index in [9.17, 15) is 4.21 Å². The highest BCUT2D eigenvalue weighted by Gasteiger charge is 2.22. The Morgan fingerprint density at radius 1 is 1.50 bits per heavy atom. The Bertz CT molecular complexity index is 668. The first-order valence-electron chi connectivity index (χ1n) is 5.76. The Kier molecular flexibility index (Phi) is 3.25. The van der Waals surface area contributed by atoms with Gasteiger partial charge >= 0.3 is 0 Å². The van der Waals surface area contributed by atoms with Crippen LogP contribution in [0.5, 0.6) is 0 Å². The van der Waals surface area contributed by atoms with Crippen molar-refractivity contribution in [3.8, 4) is 0 Å². The third-order valence-corrected chi connectivity index (χ3v) is 5.13. The molecule has 1 fully saturated rings. The fourth-order valence-corrected chi connectivity index (χ4v) is 4.14. The zero-order valence-electron chi connectivity index (χ0n) is 9.56. The van der Waals surface area contributed by atoms with E-state index in [0.717, 1.165) is 35.5 Å². The zero-order chi connectivity index (χ0) is 12.7. The third-order valence-electron chi connectivity index (χ3n) is 3.24. The van der Waals surface area contributed by atoms with E-state index in [1.807, 2.05) is 10.6 Å². The molecule has 2 aromatic heterocycles. The normalized spacial score (nSPS) is 24.5. The van der Waals surface area contributed by atoms with Crippen LogP contribution in [0.2, 0.25) is 5.02 Å². The lowest BCUT2D eigenvalue weighted by Crippen LogP contribution is -2.22. The number of rotatable bonds is 1. The summed E-state index contributed by atoms with van der Waals surface area (Å²) in [5.41, 5.74) is 1.70. The second-order valence-corrected chi connectivity index (χ2v) is 6.92. The maximum Gasteiger partial charge on any atom is 0.179 e. The van der Waals surface area contributed by atoms with Crippen LogP contribution in [0.4, 0.5) is 0 Å². The molecule has 7 heteroatoms. The summed E-state index contributed by atoms with van der Waals surface area (Å²) in [5, 5.41) is 0.593. The number of aromatic nitrogens is 3. The number of nitrogens with one attached hydrogen (secondary N) is 1. The quantitative estimate of drug-likeness (QED) is 0.824. The summed E-state index contributed by atoms with van der Waals surface area (Å²) in [6, 6.07) is 2.12. The van der Waals surface area contributed by atoms with Crippen molar-refractivity contribution in [1.29, 1.82) is 0 Å². The molecule has 4 nitrogen and oxygen atoms in total. The minimum Gasteiger partial charge on any atom is -0.329 e. The van der Waals surface area contributed by atoms with Crippen molar-refractivity contribution in [2.75, 3.05) is 11.5 Å². The summed E-state index contributed by atoms with van der Waals surface area (Å²) >= 11 is 11.3. The molecule has 2 aromatic rings. The first kappa shape index (κ1) is 12.3. The van der Waals surface area contributed by atoms with E-state index in [0.29, 0.717) is 9.79 Å². The van der Waals surface area contributed by atoms with Crippen molar-refractivity contribution in [3.63, 3.8) is 0 Å². The SMILES string of the molecule is O=S1CCC(n2c(=S)[nH]c3cc(Cl)cnc32)CC1. The number of aromatic amines is 1. The molecule has 1 N–H and O–H groups in total. The monoisotopic (exact) mass is 301 g/mol.